The molecule has 0 aromatic rings. The number of carboxylic acids is 1. The molecular formula is C11H20N2O5S. The van der Waals surface area contributed by atoms with Gasteiger partial charge in [0.1, 0.15) is 6.04 Å². The number of carbonyl (C=O) groups excluding carboxylic acids is 1. The van der Waals surface area contributed by atoms with Crippen LogP contribution in [-0.4, -0.2) is 67.0 Å². The number of carbonyl (C=O) groups is 2. The molecule has 1 amide bonds. The van der Waals surface area contributed by atoms with Crippen molar-refractivity contribution in [3.8, 4) is 0 Å². The van der Waals surface area contributed by atoms with E-state index < -0.39 is 28.0 Å². The van der Waals surface area contributed by atoms with E-state index in [-0.39, 0.29) is 12.5 Å². The van der Waals surface area contributed by atoms with Crippen LogP contribution in [0.4, 0.5) is 0 Å². The monoisotopic (exact) mass is 292 g/mol. The van der Waals surface area contributed by atoms with Crippen molar-refractivity contribution in [2.45, 2.75) is 25.8 Å². The molecule has 0 aliphatic carbocycles. The zero-order valence-electron chi connectivity index (χ0n) is 11.4. The summed E-state index contributed by atoms with van der Waals surface area (Å²) in [5, 5.41) is 8.88. The fourth-order valence-corrected chi connectivity index (χ4v) is 3.00. The summed E-state index contributed by atoms with van der Waals surface area (Å²) in [6.07, 6.45) is 2.31. The van der Waals surface area contributed by atoms with Crippen LogP contribution in [0.25, 0.3) is 0 Å². The first kappa shape index (κ1) is 15.9. The molecule has 0 unspecified atom stereocenters. The van der Waals surface area contributed by atoms with Gasteiger partial charge >= 0.3 is 5.97 Å². The third kappa shape index (κ3) is 3.90. The Hall–Kier alpha value is -1.15. The van der Waals surface area contributed by atoms with E-state index in [4.69, 9.17) is 5.11 Å². The van der Waals surface area contributed by atoms with E-state index in [2.05, 4.69) is 0 Å². The third-order valence-corrected chi connectivity index (χ3v) is 4.76. The Morgan fingerprint density at radius 2 is 2.00 bits per heavy atom. The molecule has 0 bridgehead atoms. The number of piperidine rings is 1. The Morgan fingerprint density at radius 3 is 2.47 bits per heavy atom. The second kappa shape index (κ2) is 5.87. The van der Waals surface area contributed by atoms with E-state index in [0.29, 0.717) is 19.4 Å². The van der Waals surface area contributed by atoms with Gasteiger partial charge in [0.2, 0.25) is 15.9 Å². The first-order valence-corrected chi connectivity index (χ1v) is 7.94. The van der Waals surface area contributed by atoms with Gasteiger partial charge in [0, 0.05) is 20.1 Å². The summed E-state index contributed by atoms with van der Waals surface area (Å²) in [5.74, 6) is -1.86. The van der Waals surface area contributed by atoms with Gasteiger partial charge in [0.25, 0.3) is 0 Å². The van der Waals surface area contributed by atoms with Crippen molar-refractivity contribution in [1.82, 2.24) is 9.21 Å². The van der Waals surface area contributed by atoms with Crippen LogP contribution in [0.5, 0.6) is 0 Å². The van der Waals surface area contributed by atoms with Crippen molar-refractivity contribution < 1.29 is 23.1 Å². The first-order valence-electron chi connectivity index (χ1n) is 6.09. The van der Waals surface area contributed by atoms with Crippen LogP contribution >= 0.6 is 0 Å². The number of rotatable bonds is 4. The van der Waals surface area contributed by atoms with Crippen LogP contribution in [0, 0.1) is 5.92 Å². The van der Waals surface area contributed by atoms with Gasteiger partial charge in [-0.05, 0) is 19.8 Å². The molecule has 19 heavy (non-hydrogen) atoms. The summed E-state index contributed by atoms with van der Waals surface area (Å²) < 4.78 is 24.2. The molecule has 7 nitrogen and oxygen atoms in total. The van der Waals surface area contributed by atoms with Crippen molar-refractivity contribution >= 4 is 21.9 Å². The molecule has 0 aromatic carbocycles. The normalized spacial score (nSPS) is 22.8. The van der Waals surface area contributed by atoms with E-state index in [1.54, 1.807) is 0 Å². The largest absolute Gasteiger partial charge is 0.480 e. The predicted molar refractivity (Wildman–Crippen MR) is 69.0 cm³/mol. The lowest BCUT2D eigenvalue weighted by atomic mass is 9.97. The molecule has 1 aliphatic heterocycles. The average molecular weight is 292 g/mol. The lowest BCUT2D eigenvalue weighted by molar-refractivity contribution is -0.150. The Labute approximate surface area is 113 Å². The molecule has 2 atom stereocenters. The lowest BCUT2D eigenvalue weighted by Gasteiger charge is -2.33. The summed E-state index contributed by atoms with van der Waals surface area (Å²) in [5.41, 5.74) is 0. The first-order chi connectivity index (χ1) is 8.64. The quantitative estimate of drug-likeness (QED) is 0.760. The highest BCUT2D eigenvalue weighted by Crippen LogP contribution is 2.21. The average Bonchev–Trinajstić information content (AvgIpc) is 2.35. The maximum absolute atomic E-state index is 12.2. The van der Waals surface area contributed by atoms with Gasteiger partial charge in [-0.2, -0.15) is 0 Å². The number of carboxylic acid groups (broad SMARTS) is 1. The molecule has 1 aliphatic rings. The van der Waals surface area contributed by atoms with Crippen molar-refractivity contribution in [3.63, 3.8) is 0 Å². The van der Waals surface area contributed by atoms with Crippen molar-refractivity contribution in [1.29, 1.82) is 0 Å². The molecule has 8 heteroatoms. The summed E-state index contributed by atoms with van der Waals surface area (Å²) >= 11 is 0. The highest BCUT2D eigenvalue weighted by molar-refractivity contribution is 7.88. The molecular weight excluding hydrogens is 272 g/mol. The molecule has 0 radical (unpaired) electrons. The molecule has 1 heterocycles. The Morgan fingerprint density at radius 1 is 1.42 bits per heavy atom. The Bertz CT molecular complexity index is 462. The molecule has 1 N–H and O–H groups in total. The molecule has 0 saturated carbocycles. The number of hydrogen-bond donors (Lipinski definition) is 1. The number of hydrogen-bond acceptors (Lipinski definition) is 4. The van der Waals surface area contributed by atoms with Gasteiger partial charge in [-0.25, -0.2) is 17.5 Å². The fourth-order valence-electron chi connectivity index (χ4n) is 2.09. The maximum Gasteiger partial charge on any atom is 0.326 e. The van der Waals surface area contributed by atoms with Crippen molar-refractivity contribution in [3.05, 3.63) is 0 Å². The molecule has 110 valence electrons. The minimum absolute atomic E-state index is 0.133. The minimum atomic E-state index is -3.31. The zero-order valence-corrected chi connectivity index (χ0v) is 12.2. The molecule has 0 aromatic heterocycles. The van der Waals surface area contributed by atoms with Crippen LogP contribution in [-0.2, 0) is 19.6 Å². The predicted octanol–water partition coefficient (Wildman–Crippen LogP) is -0.410. The van der Waals surface area contributed by atoms with Gasteiger partial charge < -0.3 is 10.0 Å². The highest BCUT2D eigenvalue weighted by Gasteiger charge is 2.33. The smallest absolute Gasteiger partial charge is 0.326 e. The van der Waals surface area contributed by atoms with Gasteiger partial charge in [0.15, 0.2) is 0 Å². The second-order valence-electron chi connectivity index (χ2n) is 4.92. The topological polar surface area (TPSA) is 95.0 Å². The van der Waals surface area contributed by atoms with Gasteiger partial charge in [0.05, 0.1) is 12.2 Å². The van der Waals surface area contributed by atoms with Gasteiger partial charge in [-0.3, -0.25) is 4.79 Å². The van der Waals surface area contributed by atoms with Gasteiger partial charge in [-0.1, -0.05) is 0 Å². The summed E-state index contributed by atoms with van der Waals surface area (Å²) in [6.45, 7) is 1.98. The number of sulfonamides is 1. The van der Waals surface area contributed by atoms with E-state index >= 15 is 0 Å². The summed E-state index contributed by atoms with van der Waals surface area (Å²) in [4.78, 5) is 24.2. The van der Waals surface area contributed by atoms with Crippen LogP contribution in [0.2, 0.25) is 0 Å². The SMILES string of the molecule is C[C@H](C(=O)O)N(C)C(=O)[C@@H]1CCCN(S(C)(=O)=O)C1. The van der Waals surface area contributed by atoms with E-state index in [1.807, 2.05) is 0 Å². The van der Waals surface area contributed by atoms with E-state index in [9.17, 15) is 18.0 Å². The van der Waals surface area contributed by atoms with Crippen molar-refractivity contribution in [2.75, 3.05) is 26.4 Å². The lowest BCUT2D eigenvalue weighted by Crippen LogP contribution is -2.49. The molecule has 1 fully saturated rings. The van der Waals surface area contributed by atoms with E-state index in [0.717, 1.165) is 6.26 Å². The summed E-state index contributed by atoms with van der Waals surface area (Å²) in [7, 11) is -1.88. The molecule has 0 spiro atoms. The Kier molecular flexibility index (Phi) is 4.92. The van der Waals surface area contributed by atoms with Crippen LogP contribution < -0.4 is 0 Å². The second-order valence-corrected chi connectivity index (χ2v) is 6.91. The highest BCUT2D eigenvalue weighted by atomic mass is 32.2. The molecule has 1 saturated heterocycles. The summed E-state index contributed by atoms with van der Waals surface area (Å²) in [6, 6.07) is -0.916. The Balaban J connectivity index is 2.75. The van der Waals surface area contributed by atoms with Crippen LogP contribution in [0.3, 0.4) is 0 Å². The van der Waals surface area contributed by atoms with E-state index in [1.165, 1.54) is 23.2 Å². The standard InChI is InChI=1S/C11H20N2O5S/c1-8(11(15)16)12(2)10(14)9-5-4-6-13(7-9)19(3,17)18/h8-9H,4-7H2,1-3H3,(H,15,16)/t8-,9-/m1/s1. The van der Waals surface area contributed by atoms with Gasteiger partial charge in [-0.15, -0.1) is 0 Å². The number of nitrogens with zero attached hydrogens (tertiary/aromatic N) is 2. The zero-order chi connectivity index (χ0) is 14.8. The minimum Gasteiger partial charge on any atom is -0.480 e. The number of amides is 1. The van der Waals surface area contributed by atoms with Crippen LogP contribution in [0.15, 0.2) is 0 Å². The van der Waals surface area contributed by atoms with Crippen molar-refractivity contribution in [2.24, 2.45) is 5.92 Å². The fraction of sp³-hybridized carbons (Fsp3) is 0.818. The number of aliphatic carboxylic acids is 1. The maximum atomic E-state index is 12.2. The third-order valence-electron chi connectivity index (χ3n) is 3.49. The molecule has 1 rings (SSSR count). The number of likely N-dealkylation sites (N-methyl/N-ethyl adjacent to an activating group) is 1. The van der Waals surface area contributed by atoms with Crippen LogP contribution in [0.1, 0.15) is 19.8 Å².